The maximum atomic E-state index is 14.2. The van der Waals surface area contributed by atoms with Gasteiger partial charge in [-0.25, -0.2) is 8.78 Å². The fourth-order valence-corrected chi connectivity index (χ4v) is 3.28. The van der Waals surface area contributed by atoms with E-state index in [-0.39, 0.29) is 11.5 Å². The smallest absolute Gasteiger partial charge is 0.174 e. The predicted molar refractivity (Wildman–Crippen MR) is 78.5 cm³/mol. The summed E-state index contributed by atoms with van der Waals surface area (Å²) in [5, 5.41) is 0. The quantitative estimate of drug-likeness (QED) is 0.647. The van der Waals surface area contributed by atoms with Gasteiger partial charge in [0, 0.05) is 0 Å². The second-order valence-electron chi connectivity index (χ2n) is 5.71. The summed E-state index contributed by atoms with van der Waals surface area (Å²) in [6, 6.07) is 3.34. The van der Waals surface area contributed by atoms with Gasteiger partial charge in [-0.1, -0.05) is 31.8 Å². The van der Waals surface area contributed by atoms with Crippen LogP contribution >= 0.6 is 0 Å². The summed E-state index contributed by atoms with van der Waals surface area (Å²) in [5.74, 6) is 4.68. The molecule has 1 aromatic carbocycles. The Bertz CT molecular complexity index is 514. The number of hydrogen-bond acceptors (Lipinski definition) is 0. The lowest BCUT2D eigenvalue weighted by atomic mass is 9.77. The Morgan fingerprint density at radius 2 is 1.80 bits per heavy atom. The molecule has 0 aliphatic heterocycles. The summed E-state index contributed by atoms with van der Waals surface area (Å²) in [7, 11) is 0. The van der Waals surface area contributed by atoms with Crippen molar-refractivity contribution < 1.29 is 8.78 Å². The molecule has 0 heterocycles. The minimum atomic E-state index is -0.785. The third-order valence-corrected chi connectivity index (χ3v) is 4.36. The van der Waals surface area contributed by atoms with Crippen molar-refractivity contribution in [3.05, 3.63) is 34.9 Å². The normalized spacial score (nSPS) is 22.2. The van der Waals surface area contributed by atoms with E-state index in [4.69, 9.17) is 0 Å². The van der Waals surface area contributed by atoms with Gasteiger partial charge in [0.15, 0.2) is 11.6 Å². The molecule has 0 unspecified atom stereocenters. The van der Waals surface area contributed by atoms with Gasteiger partial charge in [-0.05, 0) is 56.1 Å². The zero-order chi connectivity index (χ0) is 14.5. The van der Waals surface area contributed by atoms with Crippen molar-refractivity contribution in [2.24, 2.45) is 5.92 Å². The summed E-state index contributed by atoms with van der Waals surface area (Å²) in [6.07, 6.45) is 6.68. The first-order valence-electron chi connectivity index (χ1n) is 7.58. The van der Waals surface area contributed by atoms with Crippen molar-refractivity contribution in [2.75, 3.05) is 0 Å². The van der Waals surface area contributed by atoms with Gasteiger partial charge >= 0.3 is 0 Å². The molecule has 1 aliphatic rings. The first-order chi connectivity index (χ1) is 9.67. The van der Waals surface area contributed by atoms with E-state index in [1.54, 1.807) is 19.1 Å². The highest BCUT2D eigenvalue weighted by Crippen LogP contribution is 2.38. The SMILES string of the molecule is CC#Cc1ccc(C2CCC(CCC)CC2)c(F)c1F. The van der Waals surface area contributed by atoms with Gasteiger partial charge in [0.2, 0.25) is 0 Å². The first-order valence-corrected chi connectivity index (χ1v) is 7.58. The molecule has 0 saturated heterocycles. The molecule has 0 aromatic heterocycles. The van der Waals surface area contributed by atoms with E-state index in [0.29, 0.717) is 5.56 Å². The molecule has 1 fully saturated rings. The first kappa shape index (κ1) is 15.0. The van der Waals surface area contributed by atoms with Gasteiger partial charge in [-0.2, -0.15) is 0 Å². The zero-order valence-corrected chi connectivity index (χ0v) is 12.3. The Morgan fingerprint density at radius 1 is 1.10 bits per heavy atom. The monoisotopic (exact) mass is 276 g/mol. The molecule has 1 aliphatic carbocycles. The Morgan fingerprint density at radius 3 is 2.40 bits per heavy atom. The molecule has 0 amide bonds. The zero-order valence-electron chi connectivity index (χ0n) is 12.3. The molecule has 1 saturated carbocycles. The average molecular weight is 276 g/mol. The van der Waals surface area contributed by atoms with E-state index in [1.165, 1.54) is 12.8 Å². The standard InChI is InChI=1S/C18H22F2/c1-3-5-13-7-9-14(10-8-13)16-12-11-15(6-4-2)17(19)18(16)20/h11-14H,3,5,7-10H2,1-2H3. The highest BCUT2D eigenvalue weighted by molar-refractivity contribution is 5.39. The summed E-state index contributed by atoms with van der Waals surface area (Å²) in [6.45, 7) is 3.83. The van der Waals surface area contributed by atoms with Crippen molar-refractivity contribution in [3.63, 3.8) is 0 Å². The molecule has 2 rings (SSSR count). The Balaban J connectivity index is 2.14. The molecule has 0 N–H and O–H groups in total. The lowest BCUT2D eigenvalue weighted by Gasteiger charge is -2.29. The van der Waals surface area contributed by atoms with Gasteiger partial charge in [0.05, 0.1) is 5.56 Å². The fourth-order valence-electron chi connectivity index (χ4n) is 3.28. The molecule has 1 aromatic rings. The van der Waals surface area contributed by atoms with E-state index in [9.17, 15) is 8.78 Å². The third-order valence-electron chi connectivity index (χ3n) is 4.36. The van der Waals surface area contributed by atoms with Crippen LogP contribution in [0.25, 0.3) is 0 Å². The van der Waals surface area contributed by atoms with Crippen LogP contribution in [0.2, 0.25) is 0 Å². The summed E-state index contributed by atoms with van der Waals surface area (Å²) >= 11 is 0. The third kappa shape index (κ3) is 3.20. The highest BCUT2D eigenvalue weighted by Gasteiger charge is 2.25. The fraction of sp³-hybridized carbons (Fsp3) is 0.556. The van der Waals surface area contributed by atoms with E-state index in [0.717, 1.165) is 31.6 Å². The Kier molecular flexibility index (Phi) is 5.17. The number of hydrogen-bond donors (Lipinski definition) is 0. The predicted octanol–water partition coefficient (Wildman–Crippen LogP) is 5.41. The topological polar surface area (TPSA) is 0 Å². The largest absolute Gasteiger partial charge is 0.203 e. The van der Waals surface area contributed by atoms with Crippen molar-refractivity contribution >= 4 is 0 Å². The molecular weight excluding hydrogens is 254 g/mol. The summed E-state index contributed by atoms with van der Waals surface area (Å²) < 4.78 is 28.1. The van der Waals surface area contributed by atoms with Gasteiger partial charge in [0.25, 0.3) is 0 Å². The van der Waals surface area contributed by atoms with Crippen LogP contribution in [0.15, 0.2) is 12.1 Å². The van der Waals surface area contributed by atoms with Crippen molar-refractivity contribution in [1.82, 2.24) is 0 Å². The minimum absolute atomic E-state index is 0.161. The van der Waals surface area contributed by atoms with Crippen LogP contribution in [-0.2, 0) is 0 Å². The lowest BCUT2D eigenvalue weighted by molar-refractivity contribution is 0.303. The van der Waals surface area contributed by atoms with E-state index in [2.05, 4.69) is 18.8 Å². The lowest BCUT2D eigenvalue weighted by Crippen LogP contribution is -2.15. The summed E-state index contributed by atoms with van der Waals surface area (Å²) in [4.78, 5) is 0. The second-order valence-corrected chi connectivity index (χ2v) is 5.71. The van der Waals surface area contributed by atoms with E-state index >= 15 is 0 Å². The van der Waals surface area contributed by atoms with Crippen LogP contribution in [-0.4, -0.2) is 0 Å². The van der Waals surface area contributed by atoms with Gasteiger partial charge < -0.3 is 0 Å². The molecule has 0 radical (unpaired) electrons. The molecule has 0 spiro atoms. The van der Waals surface area contributed by atoms with Gasteiger partial charge in [-0.15, -0.1) is 5.92 Å². The van der Waals surface area contributed by atoms with Crippen LogP contribution in [0, 0.1) is 29.4 Å². The van der Waals surface area contributed by atoms with Crippen LogP contribution in [0.4, 0.5) is 8.78 Å². The molecule has 0 nitrogen and oxygen atoms in total. The average Bonchev–Trinajstić information content (AvgIpc) is 2.46. The van der Waals surface area contributed by atoms with Crippen LogP contribution < -0.4 is 0 Å². The molecule has 0 bridgehead atoms. The van der Waals surface area contributed by atoms with Crippen molar-refractivity contribution in [1.29, 1.82) is 0 Å². The van der Waals surface area contributed by atoms with Gasteiger partial charge in [0.1, 0.15) is 0 Å². The van der Waals surface area contributed by atoms with Crippen LogP contribution in [0.3, 0.4) is 0 Å². The second kappa shape index (κ2) is 6.88. The Hall–Kier alpha value is -1.36. The van der Waals surface area contributed by atoms with Crippen molar-refractivity contribution in [3.8, 4) is 11.8 Å². The summed E-state index contributed by atoms with van der Waals surface area (Å²) in [5.41, 5.74) is 0.701. The number of benzene rings is 1. The molecule has 0 atom stereocenters. The van der Waals surface area contributed by atoms with Gasteiger partial charge in [-0.3, -0.25) is 0 Å². The highest BCUT2D eigenvalue weighted by atomic mass is 19.2. The van der Waals surface area contributed by atoms with Crippen molar-refractivity contribution in [2.45, 2.75) is 58.3 Å². The van der Waals surface area contributed by atoms with Crippen LogP contribution in [0.1, 0.15) is 69.4 Å². The number of halogens is 2. The number of rotatable bonds is 3. The molecule has 20 heavy (non-hydrogen) atoms. The Labute approximate surface area is 120 Å². The maximum absolute atomic E-state index is 14.2. The maximum Gasteiger partial charge on any atom is 0.174 e. The minimum Gasteiger partial charge on any atom is -0.203 e. The molecule has 108 valence electrons. The molecule has 2 heteroatoms. The van der Waals surface area contributed by atoms with E-state index < -0.39 is 11.6 Å². The van der Waals surface area contributed by atoms with Crippen LogP contribution in [0.5, 0.6) is 0 Å². The molecular formula is C18H22F2. The van der Waals surface area contributed by atoms with E-state index in [1.807, 2.05) is 0 Å².